The van der Waals surface area contributed by atoms with Crippen LogP contribution >= 0.6 is 0 Å². The summed E-state index contributed by atoms with van der Waals surface area (Å²) < 4.78 is 6.05. The van der Waals surface area contributed by atoms with Crippen molar-refractivity contribution in [1.82, 2.24) is 9.88 Å². The first kappa shape index (κ1) is 15.6. The normalized spacial score (nSPS) is 16.4. The highest BCUT2D eigenvalue weighted by atomic mass is 16.5. The van der Waals surface area contributed by atoms with Gasteiger partial charge < -0.3 is 14.8 Å². The van der Waals surface area contributed by atoms with Crippen LogP contribution in [0.1, 0.15) is 24.1 Å². The summed E-state index contributed by atoms with van der Waals surface area (Å²) in [7, 11) is 0. The van der Waals surface area contributed by atoms with Gasteiger partial charge in [-0.25, -0.2) is 0 Å². The van der Waals surface area contributed by atoms with Crippen molar-refractivity contribution in [2.24, 2.45) is 0 Å². The average Bonchev–Trinajstić information content (AvgIpc) is 2.53. The van der Waals surface area contributed by atoms with Gasteiger partial charge in [0.2, 0.25) is 5.43 Å². The molecule has 1 aromatic heterocycles. The van der Waals surface area contributed by atoms with E-state index >= 15 is 0 Å². The number of H-pyrrole nitrogens is 1. The maximum atomic E-state index is 11.5. The Labute approximate surface area is 135 Å². The van der Waals surface area contributed by atoms with Gasteiger partial charge in [0, 0.05) is 37.6 Å². The SMILES string of the molecule is Cc1cccc(OC2CCN(Cc3cc(=O)c(O)c[nH]3)CC2)c1. The predicted molar refractivity (Wildman–Crippen MR) is 88.8 cm³/mol. The zero-order valence-corrected chi connectivity index (χ0v) is 13.3. The van der Waals surface area contributed by atoms with Crippen molar-refractivity contribution < 1.29 is 9.84 Å². The van der Waals surface area contributed by atoms with Crippen LogP contribution in [0.25, 0.3) is 0 Å². The lowest BCUT2D eigenvalue weighted by molar-refractivity contribution is 0.0960. The third-order valence-corrected chi connectivity index (χ3v) is 4.17. The number of benzene rings is 1. The van der Waals surface area contributed by atoms with Crippen molar-refractivity contribution in [2.75, 3.05) is 13.1 Å². The molecule has 2 N–H and O–H groups in total. The van der Waals surface area contributed by atoms with E-state index in [1.54, 1.807) is 0 Å². The quantitative estimate of drug-likeness (QED) is 0.910. The Kier molecular flexibility index (Phi) is 4.67. The van der Waals surface area contributed by atoms with Crippen LogP contribution in [0.3, 0.4) is 0 Å². The highest BCUT2D eigenvalue weighted by Gasteiger charge is 2.21. The fourth-order valence-electron chi connectivity index (χ4n) is 2.90. The van der Waals surface area contributed by atoms with E-state index in [1.165, 1.54) is 17.8 Å². The van der Waals surface area contributed by atoms with Crippen molar-refractivity contribution in [3.8, 4) is 11.5 Å². The topological polar surface area (TPSA) is 65.6 Å². The Balaban J connectivity index is 1.52. The first-order valence-corrected chi connectivity index (χ1v) is 7.96. The lowest BCUT2D eigenvalue weighted by atomic mass is 10.1. The Morgan fingerprint density at radius 3 is 2.78 bits per heavy atom. The monoisotopic (exact) mass is 314 g/mol. The minimum absolute atomic E-state index is 0.237. The standard InChI is InChI=1S/C18H22N2O3/c1-13-3-2-4-16(9-13)23-15-5-7-20(8-6-15)12-14-10-17(21)18(22)11-19-14/h2-4,9-11,15,22H,5-8,12H2,1H3,(H,19,21). The molecular formula is C18H22N2O3. The van der Waals surface area contributed by atoms with Gasteiger partial charge in [0.15, 0.2) is 5.75 Å². The van der Waals surface area contributed by atoms with Crippen molar-refractivity contribution in [1.29, 1.82) is 0 Å². The summed E-state index contributed by atoms with van der Waals surface area (Å²) in [5.74, 6) is 0.699. The number of hydrogen-bond acceptors (Lipinski definition) is 4. The Morgan fingerprint density at radius 2 is 2.09 bits per heavy atom. The summed E-state index contributed by atoms with van der Waals surface area (Å²) in [6.07, 6.45) is 3.53. The van der Waals surface area contributed by atoms with Crippen LogP contribution in [0.2, 0.25) is 0 Å². The molecule has 23 heavy (non-hydrogen) atoms. The molecule has 1 aliphatic rings. The maximum absolute atomic E-state index is 11.5. The van der Waals surface area contributed by atoms with E-state index in [0.717, 1.165) is 37.4 Å². The molecule has 5 heteroatoms. The highest BCUT2D eigenvalue weighted by molar-refractivity contribution is 5.27. The molecule has 0 bridgehead atoms. The van der Waals surface area contributed by atoms with Crippen LogP contribution in [0.5, 0.6) is 11.5 Å². The number of hydrogen-bond donors (Lipinski definition) is 2. The second kappa shape index (κ2) is 6.87. The smallest absolute Gasteiger partial charge is 0.223 e. The molecule has 0 aliphatic carbocycles. The first-order chi connectivity index (χ1) is 11.1. The molecule has 1 fully saturated rings. The zero-order chi connectivity index (χ0) is 16.2. The fourth-order valence-corrected chi connectivity index (χ4v) is 2.90. The van der Waals surface area contributed by atoms with Crippen molar-refractivity contribution in [3.05, 3.63) is 58.0 Å². The third-order valence-electron chi connectivity index (χ3n) is 4.17. The van der Waals surface area contributed by atoms with Crippen LogP contribution in [0, 0.1) is 6.92 Å². The molecular weight excluding hydrogens is 292 g/mol. The van der Waals surface area contributed by atoms with E-state index in [-0.39, 0.29) is 17.3 Å². The maximum Gasteiger partial charge on any atom is 0.223 e. The van der Waals surface area contributed by atoms with Gasteiger partial charge in [-0.1, -0.05) is 12.1 Å². The summed E-state index contributed by atoms with van der Waals surface area (Å²) in [4.78, 5) is 16.7. The van der Waals surface area contributed by atoms with E-state index < -0.39 is 0 Å². The molecule has 122 valence electrons. The van der Waals surface area contributed by atoms with Crippen LogP contribution < -0.4 is 10.2 Å². The number of pyridine rings is 1. The summed E-state index contributed by atoms with van der Waals surface area (Å²) in [6, 6.07) is 9.60. The molecule has 2 heterocycles. The predicted octanol–water partition coefficient (Wildman–Crippen LogP) is 2.43. The van der Waals surface area contributed by atoms with Gasteiger partial charge in [0.05, 0.1) is 0 Å². The van der Waals surface area contributed by atoms with Crippen LogP contribution in [0.4, 0.5) is 0 Å². The van der Waals surface area contributed by atoms with Gasteiger partial charge in [-0.3, -0.25) is 9.69 Å². The van der Waals surface area contributed by atoms with E-state index in [0.29, 0.717) is 6.54 Å². The summed E-state index contributed by atoms with van der Waals surface area (Å²) in [6.45, 7) is 4.61. The van der Waals surface area contributed by atoms with E-state index in [1.807, 2.05) is 12.1 Å². The van der Waals surface area contributed by atoms with Gasteiger partial charge in [0.25, 0.3) is 0 Å². The number of ether oxygens (including phenoxy) is 1. The van der Waals surface area contributed by atoms with Crippen molar-refractivity contribution >= 4 is 0 Å². The minimum Gasteiger partial charge on any atom is -0.503 e. The number of aromatic nitrogens is 1. The van der Waals surface area contributed by atoms with Crippen LogP contribution in [0.15, 0.2) is 41.3 Å². The van der Waals surface area contributed by atoms with Gasteiger partial charge in [0.1, 0.15) is 11.9 Å². The molecule has 0 saturated carbocycles. The first-order valence-electron chi connectivity index (χ1n) is 7.96. The second-order valence-electron chi connectivity index (χ2n) is 6.12. The molecule has 1 aliphatic heterocycles. The number of rotatable bonds is 4. The van der Waals surface area contributed by atoms with E-state index in [2.05, 4.69) is 28.9 Å². The second-order valence-corrected chi connectivity index (χ2v) is 6.12. The molecule has 0 amide bonds. The lowest BCUT2D eigenvalue weighted by Crippen LogP contribution is -2.38. The molecule has 0 radical (unpaired) electrons. The van der Waals surface area contributed by atoms with E-state index in [4.69, 9.17) is 4.74 Å². The number of nitrogens with one attached hydrogen (secondary N) is 1. The molecule has 0 unspecified atom stereocenters. The highest BCUT2D eigenvalue weighted by Crippen LogP contribution is 2.20. The van der Waals surface area contributed by atoms with Gasteiger partial charge in [-0.15, -0.1) is 0 Å². The van der Waals surface area contributed by atoms with Crippen molar-refractivity contribution in [3.63, 3.8) is 0 Å². The summed E-state index contributed by atoms with van der Waals surface area (Å²) >= 11 is 0. The number of aryl methyl sites for hydroxylation is 1. The van der Waals surface area contributed by atoms with E-state index in [9.17, 15) is 9.90 Å². The number of aromatic amines is 1. The number of aromatic hydroxyl groups is 1. The Bertz CT molecular complexity index is 718. The molecule has 3 rings (SSSR count). The number of nitrogens with zero attached hydrogens (tertiary/aromatic N) is 1. The van der Waals surface area contributed by atoms with Crippen molar-refractivity contribution in [2.45, 2.75) is 32.4 Å². The number of likely N-dealkylation sites (tertiary alicyclic amines) is 1. The third kappa shape index (κ3) is 4.13. The molecule has 1 aromatic carbocycles. The average molecular weight is 314 g/mol. The Hall–Kier alpha value is -2.27. The molecule has 0 atom stereocenters. The summed E-state index contributed by atoms with van der Waals surface area (Å²) in [5.41, 5.74) is 1.69. The molecule has 5 nitrogen and oxygen atoms in total. The van der Waals surface area contributed by atoms with Gasteiger partial charge >= 0.3 is 0 Å². The molecule has 2 aromatic rings. The fraction of sp³-hybridized carbons (Fsp3) is 0.389. The lowest BCUT2D eigenvalue weighted by Gasteiger charge is -2.32. The zero-order valence-electron chi connectivity index (χ0n) is 13.3. The van der Waals surface area contributed by atoms with Crippen LogP contribution in [-0.2, 0) is 6.54 Å². The molecule has 1 saturated heterocycles. The number of piperidine rings is 1. The van der Waals surface area contributed by atoms with Gasteiger partial charge in [-0.2, -0.15) is 0 Å². The minimum atomic E-state index is -0.337. The largest absolute Gasteiger partial charge is 0.503 e. The van der Waals surface area contributed by atoms with Crippen LogP contribution in [-0.4, -0.2) is 34.2 Å². The molecule has 0 spiro atoms. The van der Waals surface area contributed by atoms with Gasteiger partial charge in [-0.05, 0) is 37.5 Å². The summed E-state index contributed by atoms with van der Waals surface area (Å²) in [5, 5.41) is 9.27. The Morgan fingerprint density at radius 1 is 1.30 bits per heavy atom.